The van der Waals surface area contributed by atoms with E-state index in [1.54, 1.807) is 25.2 Å². The minimum Gasteiger partial charge on any atom is -0.481 e. The van der Waals surface area contributed by atoms with Crippen LogP contribution in [0.15, 0.2) is 36.5 Å². The smallest absolute Gasteiger partial charge is 0.309 e. The number of benzene rings is 1. The molecule has 0 aliphatic rings. The van der Waals surface area contributed by atoms with Crippen molar-refractivity contribution in [3.05, 3.63) is 41.4 Å². The van der Waals surface area contributed by atoms with Gasteiger partial charge in [-0.3, -0.25) is 4.79 Å². The van der Waals surface area contributed by atoms with E-state index in [1.165, 1.54) is 0 Å². The minimum absolute atomic E-state index is 0.604. The number of carboxylic acid groups (broad SMARTS) is 1. The fraction of sp³-hybridized carbons (Fsp3) is 0.375. The lowest BCUT2D eigenvalue weighted by atomic mass is 9.90. The molecule has 0 amide bonds. The van der Waals surface area contributed by atoms with Crippen LogP contribution >= 0.6 is 11.3 Å². The molecule has 2 rings (SSSR count). The summed E-state index contributed by atoms with van der Waals surface area (Å²) < 4.78 is 0. The van der Waals surface area contributed by atoms with Crippen LogP contribution in [0.5, 0.6) is 0 Å². The zero-order valence-electron chi connectivity index (χ0n) is 12.3. The normalized spacial score (nSPS) is 11.5. The number of carbonyl (C=O) groups is 1. The average Bonchev–Trinajstić information content (AvgIpc) is 2.93. The molecule has 5 heteroatoms. The van der Waals surface area contributed by atoms with Crippen molar-refractivity contribution >= 4 is 17.3 Å². The van der Waals surface area contributed by atoms with Crippen molar-refractivity contribution in [1.82, 2.24) is 10.3 Å². The van der Waals surface area contributed by atoms with Gasteiger partial charge < -0.3 is 10.4 Å². The summed E-state index contributed by atoms with van der Waals surface area (Å²) in [5.74, 6) is -0.756. The van der Waals surface area contributed by atoms with Gasteiger partial charge >= 0.3 is 5.97 Å². The Morgan fingerprint density at radius 2 is 2.05 bits per heavy atom. The van der Waals surface area contributed by atoms with Crippen molar-refractivity contribution < 1.29 is 9.90 Å². The third kappa shape index (κ3) is 4.37. The molecular weight excluding hydrogens is 284 g/mol. The number of hydrogen-bond donors (Lipinski definition) is 2. The van der Waals surface area contributed by atoms with Gasteiger partial charge in [-0.15, -0.1) is 11.3 Å². The monoisotopic (exact) mass is 304 g/mol. The molecule has 112 valence electrons. The number of hydrogen-bond acceptors (Lipinski definition) is 4. The summed E-state index contributed by atoms with van der Waals surface area (Å²) in [7, 11) is 0. The second-order valence-corrected chi connectivity index (χ2v) is 6.73. The van der Waals surface area contributed by atoms with Gasteiger partial charge in [0.15, 0.2) is 0 Å². The first-order valence-corrected chi connectivity index (χ1v) is 7.75. The van der Waals surface area contributed by atoms with Crippen LogP contribution in [-0.4, -0.2) is 22.6 Å². The van der Waals surface area contributed by atoms with Crippen LogP contribution in [0.4, 0.5) is 0 Å². The maximum absolute atomic E-state index is 11.0. The topological polar surface area (TPSA) is 62.2 Å². The second-order valence-electron chi connectivity index (χ2n) is 5.61. The quantitative estimate of drug-likeness (QED) is 0.770. The van der Waals surface area contributed by atoms with Crippen molar-refractivity contribution in [1.29, 1.82) is 0 Å². The zero-order valence-corrected chi connectivity index (χ0v) is 13.1. The van der Waals surface area contributed by atoms with Crippen LogP contribution in [0.2, 0.25) is 0 Å². The molecular formula is C16H20N2O2S. The van der Waals surface area contributed by atoms with Gasteiger partial charge in [-0.2, -0.15) is 0 Å². The molecule has 0 saturated carbocycles. The highest BCUT2D eigenvalue weighted by atomic mass is 32.1. The molecule has 2 aromatic rings. The maximum atomic E-state index is 11.0. The number of carboxylic acids is 1. The highest BCUT2D eigenvalue weighted by Gasteiger charge is 2.26. The first kappa shape index (κ1) is 15.7. The second kappa shape index (κ2) is 6.83. The maximum Gasteiger partial charge on any atom is 0.309 e. The van der Waals surface area contributed by atoms with E-state index in [0.717, 1.165) is 22.0 Å². The van der Waals surface area contributed by atoms with E-state index in [9.17, 15) is 4.79 Å². The summed E-state index contributed by atoms with van der Waals surface area (Å²) in [5, 5.41) is 13.3. The van der Waals surface area contributed by atoms with Gasteiger partial charge in [0.05, 0.1) is 5.41 Å². The van der Waals surface area contributed by atoms with E-state index >= 15 is 0 Å². The third-order valence-electron chi connectivity index (χ3n) is 3.38. The summed E-state index contributed by atoms with van der Waals surface area (Å²) in [6.45, 7) is 4.90. The summed E-state index contributed by atoms with van der Waals surface area (Å²) >= 11 is 1.66. The molecule has 0 fully saturated rings. The van der Waals surface area contributed by atoms with Gasteiger partial charge in [-0.25, -0.2) is 4.98 Å². The van der Waals surface area contributed by atoms with Gasteiger partial charge in [-0.05, 0) is 26.8 Å². The number of aliphatic carboxylic acids is 1. The highest BCUT2D eigenvalue weighted by Crippen LogP contribution is 2.25. The molecule has 0 aliphatic carbocycles. The van der Waals surface area contributed by atoms with Crippen LogP contribution in [0, 0.1) is 5.41 Å². The van der Waals surface area contributed by atoms with E-state index in [-0.39, 0.29) is 0 Å². The average molecular weight is 304 g/mol. The van der Waals surface area contributed by atoms with Gasteiger partial charge in [0.1, 0.15) is 5.01 Å². The van der Waals surface area contributed by atoms with Crippen LogP contribution in [0.25, 0.3) is 10.6 Å². The van der Waals surface area contributed by atoms with Crippen molar-refractivity contribution in [2.45, 2.75) is 26.8 Å². The highest BCUT2D eigenvalue weighted by molar-refractivity contribution is 7.15. The van der Waals surface area contributed by atoms with Crippen molar-refractivity contribution in [3.8, 4) is 10.6 Å². The Kier molecular flexibility index (Phi) is 5.09. The molecule has 0 atom stereocenters. The molecule has 21 heavy (non-hydrogen) atoms. The standard InChI is InChI=1S/C16H20N2O2S/c1-16(2,15(19)20)8-9-17-10-13-11-18-14(21-13)12-6-4-3-5-7-12/h3-7,11,17H,8-10H2,1-2H3,(H,19,20). The molecule has 0 unspecified atom stereocenters. The third-order valence-corrected chi connectivity index (χ3v) is 4.43. The van der Waals surface area contributed by atoms with Crippen LogP contribution in [-0.2, 0) is 11.3 Å². The van der Waals surface area contributed by atoms with E-state index in [0.29, 0.717) is 13.0 Å². The molecule has 2 N–H and O–H groups in total. The fourth-order valence-corrected chi connectivity index (χ4v) is 2.71. The molecule has 4 nitrogen and oxygen atoms in total. The SMILES string of the molecule is CC(C)(CCNCc1cnc(-c2ccccc2)s1)C(=O)O. The summed E-state index contributed by atoms with van der Waals surface area (Å²) in [6.07, 6.45) is 2.48. The number of rotatable bonds is 7. The largest absolute Gasteiger partial charge is 0.481 e. The molecule has 0 radical (unpaired) electrons. The van der Waals surface area contributed by atoms with Crippen molar-refractivity contribution in [2.75, 3.05) is 6.54 Å². The van der Waals surface area contributed by atoms with Crippen molar-refractivity contribution in [3.63, 3.8) is 0 Å². The lowest BCUT2D eigenvalue weighted by molar-refractivity contribution is -0.147. The lowest BCUT2D eigenvalue weighted by Crippen LogP contribution is -2.28. The minimum atomic E-state index is -0.756. The lowest BCUT2D eigenvalue weighted by Gasteiger charge is -2.18. The van der Waals surface area contributed by atoms with Crippen molar-refractivity contribution in [2.24, 2.45) is 5.41 Å². The molecule has 1 aromatic carbocycles. The van der Waals surface area contributed by atoms with Gasteiger partial charge in [0, 0.05) is 23.2 Å². The molecule has 1 heterocycles. The van der Waals surface area contributed by atoms with E-state index < -0.39 is 11.4 Å². The predicted octanol–water partition coefficient (Wildman–Crippen LogP) is 3.40. The van der Waals surface area contributed by atoms with Gasteiger partial charge in [-0.1, -0.05) is 30.3 Å². The summed E-state index contributed by atoms with van der Waals surface area (Å²) in [6, 6.07) is 10.1. The van der Waals surface area contributed by atoms with E-state index in [4.69, 9.17) is 5.11 Å². The summed E-state index contributed by atoms with van der Waals surface area (Å²) in [5.41, 5.74) is 0.441. The number of nitrogens with zero attached hydrogens (tertiary/aromatic N) is 1. The molecule has 0 spiro atoms. The molecule has 0 saturated heterocycles. The Labute approximate surface area is 128 Å². The molecule has 0 bridgehead atoms. The molecule has 1 aromatic heterocycles. The Balaban J connectivity index is 1.83. The van der Waals surface area contributed by atoms with E-state index in [2.05, 4.69) is 10.3 Å². The first-order chi connectivity index (χ1) is 9.99. The van der Waals surface area contributed by atoms with E-state index in [1.807, 2.05) is 36.5 Å². The Morgan fingerprint density at radius 1 is 1.33 bits per heavy atom. The Bertz CT molecular complexity index is 593. The van der Waals surface area contributed by atoms with Crippen LogP contribution in [0.1, 0.15) is 25.1 Å². The Hall–Kier alpha value is -1.72. The zero-order chi connectivity index (χ0) is 15.3. The first-order valence-electron chi connectivity index (χ1n) is 6.93. The number of nitrogens with one attached hydrogen (secondary N) is 1. The summed E-state index contributed by atoms with van der Waals surface area (Å²) in [4.78, 5) is 16.6. The van der Waals surface area contributed by atoms with Crippen LogP contribution in [0.3, 0.4) is 0 Å². The number of thiazole rings is 1. The molecule has 0 aliphatic heterocycles. The van der Waals surface area contributed by atoms with Gasteiger partial charge in [0.2, 0.25) is 0 Å². The number of aromatic nitrogens is 1. The van der Waals surface area contributed by atoms with Gasteiger partial charge in [0.25, 0.3) is 0 Å². The van der Waals surface area contributed by atoms with Crippen LogP contribution < -0.4 is 5.32 Å². The fourth-order valence-electron chi connectivity index (χ4n) is 1.82. The predicted molar refractivity (Wildman–Crippen MR) is 85.3 cm³/mol. The Morgan fingerprint density at radius 3 is 2.71 bits per heavy atom.